The number of likely N-dealkylation sites (N-methyl/N-ethyl adjacent to an activating group) is 1. The van der Waals surface area contributed by atoms with E-state index in [0.717, 1.165) is 18.5 Å². The number of carbonyl (C=O) groups excluding carboxylic acids is 1. The number of rotatable bonds is 7. The van der Waals surface area contributed by atoms with E-state index >= 15 is 0 Å². The maximum Gasteiger partial charge on any atom is 0.145 e. The highest BCUT2D eigenvalue weighted by Gasteiger charge is 2.26. The molecule has 0 amide bonds. The van der Waals surface area contributed by atoms with E-state index in [1.807, 2.05) is 34.9 Å². The van der Waals surface area contributed by atoms with Gasteiger partial charge in [-0.15, -0.1) is 5.10 Å². The Labute approximate surface area is 114 Å². The Morgan fingerprint density at radius 3 is 2.68 bits per heavy atom. The van der Waals surface area contributed by atoms with E-state index in [9.17, 15) is 4.79 Å². The Kier molecular flexibility index (Phi) is 5.62. The summed E-state index contributed by atoms with van der Waals surface area (Å²) in [5.41, 5.74) is 0.563. The van der Waals surface area contributed by atoms with E-state index in [2.05, 4.69) is 15.2 Å². The minimum atomic E-state index is -0.310. The molecule has 0 N–H and O–H groups in total. The smallest absolute Gasteiger partial charge is 0.145 e. The van der Waals surface area contributed by atoms with Gasteiger partial charge in [0.2, 0.25) is 0 Å². The largest absolute Gasteiger partial charge is 0.374 e. The lowest BCUT2D eigenvalue weighted by atomic mass is 9.88. The molecule has 6 heteroatoms. The standard InChI is InChI=1S/C13H24N4O2/c1-13(2,3)12(9-18)17-8-11(14-15-17)10-19-7-6-16(4)5/h8-9,12H,6-7,10H2,1-5H3/t12-/m1/s1. The average molecular weight is 268 g/mol. The summed E-state index contributed by atoms with van der Waals surface area (Å²) in [7, 11) is 4.00. The number of ether oxygens (including phenoxy) is 1. The van der Waals surface area contributed by atoms with Crippen molar-refractivity contribution in [3.05, 3.63) is 11.9 Å². The molecule has 0 unspecified atom stereocenters. The van der Waals surface area contributed by atoms with Gasteiger partial charge < -0.3 is 14.4 Å². The zero-order chi connectivity index (χ0) is 14.5. The van der Waals surface area contributed by atoms with Crippen molar-refractivity contribution in [3.8, 4) is 0 Å². The van der Waals surface area contributed by atoms with Crippen molar-refractivity contribution in [2.75, 3.05) is 27.2 Å². The first-order chi connectivity index (χ1) is 8.84. The Bertz CT molecular complexity index is 396. The Balaban J connectivity index is 2.54. The van der Waals surface area contributed by atoms with Crippen LogP contribution in [0.1, 0.15) is 32.5 Å². The van der Waals surface area contributed by atoms with E-state index in [4.69, 9.17) is 4.74 Å². The third kappa shape index (κ3) is 5.08. The molecule has 0 bridgehead atoms. The lowest BCUT2D eigenvalue weighted by Crippen LogP contribution is -2.26. The van der Waals surface area contributed by atoms with E-state index in [1.54, 1.807) is 10.9 Å². The minimum absolute atomic E-state index is 0.182. The molecule has 19 heavy (non-hydrogen) atoms. The van der Waals surface area contributed by atoms with Crippen LogP contribution < -0.4 is 0 Å². The lowest BCUT2D eigenvalue weighted by molar-refractivity contribution is -0.113. The van der Waals surface area contributed by atoms with Gasteiger partial charge >= 0.3 is 0 Å². The molecule has 0 radical (unpaired) electrons. The molecule has 0 saturated carbocycles. The Hall–Kier alpha value is -1.27. The Morgan fingerprint density at radius 2 is 2.16 bits per heavy atom. The quantitative estimate of drug-likeness (QED) is 0.548. The average Bonchev–Trinajstić information content (AvgIpc) is 2.71. The second kappa shape index (κ2) is 6.77. The zero-order valence-corrected chi connectivity index (χ0v) is 12.5. The minimum Gasteiger partial charge on any atom is -0.374 e. The van der Waals surface area contributed by atoms with Crippen LogP contribution in [0.2, 0.25) is 0 Å². The summed E-state index contributed by atoms with van der Waals surface area (Å²) in [5, 5.41) is 8.04. The van der Waals surface area contributed by atoms with Crippen LogP contribution in [0, 0.1) is 5.41 Å². The zero-order valence-electron chi connectivity index (χ0n) is 12.5. The normalized spacial score (nSPS) is 13.8. The second-order valence-electron chi connectivity index (χ2n) is 5.99. The number of aromatic nitrogens is 3. The number of nitrogens with zero attached hydrogens (tertiary/aromatic N) is 4. The van der Waals surface area contributed by atoms with Crippen LogP contribution in [0.5, 0.6) is 0 Å². The van der Waals surface area contributed by atoms with E-state index < -0.39 is 0 Å². The SMILES string of the molecule is CN(C)CCOCc1cn([C@H](C=O)C(C)(C)C)nn1. The molecule has 0 fully saturated rings. The summed E-state index contributed by atoms with van der Waals surface area (Å²) in [5.74, 6) is 0. The molecule has 0 spiro atoms. The van der Waals surface area contributed by atoms with E-state index in [1.165, 1.54) is 0 Å². The highest BCUT2D eigenvalue weighted by Crippen LogP contribution is 2.27. The number of hydrogen-bond acceptors (Lipinski definition) is 5. The van der Waals surface area contributed by atoms with Gasteiger partial charge in [0, 0.05) is 6.54 Å². The molecule has 6 nitrogen and oxygen atoms in total. The van der Waals surface area contributed by atoms with Crippen molar-refractivity contribution < 1.29 is 9.53 Å². The van der Waals surface area contributed by atoms with Gasteiger partial charge in [-0.3, -0.25) is 0 Å². The van der Waals surface area contributed by atoms with Crippen molar-refractivity contribution >= 4 is 6.29 Å². The Morgan fingerprint density at radius 1 is 1.47 bits per heavy atom. The number of hydrogen-bond donors (Lipinski definition) is 0. The molecule has 0 saturated heterocycles. The molecule has 0 aromatic carbocycles. The summed E-state index contributed by atoms with van der Waals surface area (Å²) in [6, 6.07) is -0.310. The summed E-state index contributed by atoms with van der Waals surface area (Å²) in [6.07, 6.45) is 2.69. The molecule has 108 valence electrons. The monoisotopic (exact) mass is 268 g/mol. The van der Waals surface area contributed by atoms with Crippen LogP contribution in [0.25, 0.3) is 0 Å². The van der Waals surface area contributed by atoms with Gasteiger partial charge in [0.05, 0.1) is 19.4 Å². The van der Waals surface area contributed by atoms with Crippen LogP contribution in [0.4, 0.5) is 0 Å². The number of carbonyl (C=O) groups is 1. The van der Waals surface area contributed by atoms with Crippen LogP contribution in [-0.2, 0) is 16.1 Å². The molecule has 1 rings (SSSR count). The van der Waals surface area contributed by atoms with Crippen molar-refractivity contribution in [2.24, 2.45) is 5.41 Å². The van der Waals surface area contributed by atoms with Crippen LogP contribution in [0.3, 0.4) is 0 Å². The molecule has 1 aromatic heterocycles. The van der Waals surface area contributed by atoms with Crippen LogP contribution in [0.15, 0.2) is 6.20 Å². The molecule has 0 aliphatic rings. The maximum absolute atomic E-state index is 11.2. The highest BCUT2D eigenvalue weighted by atomic mass is 16.5. The molecule has 1 aromatic rings. The predicted octanol–water partition coefficient (Wildman–Crippen LogP) is 1.14. The molecule has 0 aliphatic carbocycles. The second-order valence-corrected chi connectivity index (χ2v) is 5.99. The molecular weight excluding hydrogens is 244 g/mol. The van der Waals surface area contributed by atoms with Crippen molar-refractivity contribution in [1.82, 2.24) is 19.9 Å². The fourth-order valence-corrected chi connectivity index (χ4v) is 1.60. The van der Waals surface area contributed by atoms with Gasteiger partial charge in [0.15, 0.2) is 0 Å². The molecule has 0 aliphatic heterocycles. The van der Waals surface area contributed by atoms with E-state index in [-0.39, 0.29) is 11.5 Å². The van der Waals surface area contributed by atoms with Gasteiger partial charge in [0.1, 0.15) is 18.0 Å². The topological polar surface area (TPSA) is 60.2 Å². The first-order valence-corrected chi connectivity index (χ1v) is 6.43. The maximum atomic E-state index is 11.2. The van der Waals surface area contributed by atoms with Gasteiger partial charge in [-0.25, -0.2) is 4.68 Å². The summed E-state index contributed by atoms with van der Waals surface area (Å²) in [6.45, 7) is 7.94. The summed E-state index contributed by atoms with van der Waals surface area (Å²) < 4.78 is 7.11. The fourth-order valence-electron chi connectivity index (χ4n) is 1.60. The van der Waals surface area contributed by atoms with Crippen LogP contribution >= 0.6 is 0 Å². The van der Waals surface area contributed by atoms with Gasteiger partial charge in [0.25, 0.3) is 0 Å². The van der Waals surface area contributed by atoms with Crippen molar-refractivity contribution in [2.45, 2.75) is 33.4 Å². The summed E-state index contributed by atoms with van der Waals surface area (Å²) >= 11 is 0. The third-order valence-electron chi connectivity index (χ3n) is 2.79. The fraction of sp³-hybridized carbons (Fsp3) is 0.769. The highest BCUT2D eigenvalue weighted by molar-refractivity contribution is 5.56. The van der Waals surface area contributed by atoms with Gasteiger partial charge in [-0.1, -0.05) is 26.0 Å². The van der Waals surface area contributed by atoms with E-state index in [0.29, 0.717) is 13.2 Å². The molecule has 1 heterocycles. The third-order valence-corrected chi connectivity index (χ3v) is 2.79. The first kappa shape index (κ1) is 15.8. The van der Waals surface area contributed by atoms with Crippen molar-refractivity contribution in [3.63, 3.8) is 0 Å². The first-order valence-electron chi connectivity index (χ1n) is 6.43. The molecular formula is C13H24N4O2. The van der Waals surface area contributed by atoms with Gasteiger partial charge in [-0.2, -0.15) is 0 Å². The van der Waals surface area contributed by atoms with Crippen LogP contribution in [-0.4, -0.2) is 53.4 Å². The summed E-state index contributed by atoms with van der Waals surface area (Å²) in [4.78, 5) is 13.2. The lowest BCUT2D eigenvalue weighted by Gasteiger charge is -2.25. The van der Waals surface area contributed by atoms with Crippen molar-refractivity contribution in [1.29, 1.82) is 0 Å². The predicted molar refractivity (Wildman–Crippen MR) is 72.8 cm³/mol. The van der Waals surface area contributed by atoms with Gasteiger partial charge in [-0.05, 0) is 19.5 Å². The number of aldehydes is 1. The molecule has 1 atom stereocenters.